The third-order valence-electron chi connectivity index (χ3n) is 26.5. The number of para-hydroxylation sites is 4. The molecule has 0 fully saturated rings. The van der Waals surface area contributed by atoms with Gasteiger partial charge in [0.05, 0.1) is 45.5 Å². The first-order valence-corrected chi connectivity index (χ1v) is 46.2. The summed E-state index contributed by atoms with van der Waals surface area (Å²) in [5, 5.41) is 10.4. The Kier molecular flexibility index (Phi) is 22.6. The van der Waals surface area contributed by atoms with Crippen LogP contribution in [-0.2, 0) is 0 Å². The van der Waals surface area contributed by atoms with Crippen LogP contribution in [0.3, 0.4) is 0 Å². The van der Waals surface area contributed by atoms with Crippen molar-refractivity contribution in [3.05, 3.63) is 532 Å². The van der Waals surface area contributed by atoms with Crippen molar-refractivity contribution in [2.75, 3.05) is 19.6 Å². The molecule has 4 nitrogen and oxygen atoms in total. The lowest BCUT2D eigenvalue weighted by atomic mass is 9.91. The third kappa shape index (κ3) is 15.8. The molecule has 140 heavy (non-hydrogen) atoms. The molecule has 12 heteroatoms. The average Bonchev–Trinajstić information content (AvgIpc) is 0.719. The predicted molar refractivity (Wildman–Crippen MR) is 562 cm³/mol. The molecule has 0 aliphatic rings. The van der Waals surface area contributed by atoms with Gasteiger partial charge in [-0.2, -0.15) is 0 Å². The summed E-state index contributed by atoms with van der Waals surface area (Å²) in [4.78, 5) is 7.07. The Balaban J connectivity index is 0.000000156. The fraction of sp³-hybridized carbons (Fsp3) is 0. The first kappa shape index (κ1) is 86.1. The van der Waals surface area contributed by atoms with Gasteiger partial charge in [-0.15, -0.1) is 0 Å². The molecule has 0 aromatic heterocycles. The second kappa shape index (κ2) is 36.7. The van der Waals surface area contributed by atoms with E-state index < -0.39 is 46.5 Å². The van der Waals surface area contributed by atoms with Gasteiger partial charge in [0.2, 0.25) is 0 Å². The zero-order valence-electron chi connectivity index (χ0n) is 75.0. The van der Waals surface area contributed by atoms with E-state index in [1.807, 2.05) is 425 Å². The van der Waals surface area contributed by atoms with Crippen molar-refractivity contribution in [3.63, 3.8) is 0 Å². The van der Waals surface area contributed by atoms with Gasteiger partial charge in [-0.05, 0) is 219 Å². The first-order valence-electron chi connectivity index (χ1n) is 46.2. The molecule has 0 spiro atoms. The lowest BCUT2D eigenvalue weighted by Gasteiger charge is -2.30. The lowest BCUT2D eigenvalue weighted by Crippen LogP contribution is -2.14. The smallest absolute Gasteiger partial charge is 0.148 e. The second-order valence-electron chi connectivity index (χ2n) is 34.7. The summed E-state index contributed by atoms with van der Waals surface area (Å²) in [6.45, 7) is 0. The molecule has 0 saturated heterocycles. The highest BCUT2D eigenvalue weighted by Gasteiger charge is 2.31. The Morgan fingerprint density at radius 1 is 0.121 bits per heavy atom. The zero-order valence-corrected chi connectivity index (χ0v) is 75.0. The number of nitrogens with zero attached hydrogens (tertiary/aromatic N) is 4. The zero-order chi connectivity index (χ0) is 94.6. The molecule has 0 radical (unpaired) electrons. The molecule has 24 aromatic carbocycles. The molecular weight excluding hydrogens is 1750 g/mol. The Morgan fingerprint density at radius 3 is 0.600 bits per heavy atom. The summed E-state index contributed by atoms with van der Waals surface area (Å²) >= 11 is 0. The minimum absolute atomic E-state index is 0.0444. The molecule has 0 heterocycles. The highest BCUT2D eigenvalue weighted by atomic mass is 19.2. The van der Waals surface area contributed by atoms with Gasteiger partial charge < -0.3 is 19.6 Å². The van der Waals surface area contributed by atoms with Crippen LogP contribution in [0.25, 0.3) is 154 Å². The molecule has 0 amide bonds. The molecule has 668 valence electrons. The van der Waals surface area contributed by atoms with Crippen LogP contribution in [0.5, 0.6) is 0 Å². The van der Waals surface area contributed by atoms with Crippen LogP contribution in [-0.4, -0.2) is 0 Å². The van der Waals surface area contributed by atoms with Crippen molar-refractivity contribution >= 4 is 133 Å². The first-order chi connectivity index (χ1) is 68.8. The van der Waals surface area contributed by atoms with E-state index in [9.17, 15) is 0 Å². The van der Waals surface area contributed by atoms with Crippen LogP contribution in [0, 0.1) is 46.5 Å². The van der Waals surface area contributed by atoms with Crippen molar-refractivity contribution in [2.45, 2.75) is 0 Å². The average molecular weight is 1830 g/mol. The van der Waals surface area contributed by atoms with Crippen LogP contribution in [0.1, 0.15) is 0 Å². The van der Waals surface area contributed by atoms with Crippen LogP contribution < -0.4 is 19.6 Å². The standard InChI is InChI=1S/2C64H40F4N2/c65-55-39-61(57(67)37-53(55)49-27-15-13-25-47(49)41-17-5-1-6-18-41)69(45-21-9-3-10-22-45)59-35-31-43-30-34-52-60(36-32-44-29-33-51(59)63(43)64(44)52)70(46-23-11-4-12-24-46)62-40-56(66)54(38-58(62)68)50-28-16-14-26-48(50)42-19-7-2-8-20-42;65-55-39-61(57(67)37-53(55)47-21-13-19-45(35-47)41-15-5-1-6-16-41)69(49-23-9-3-10-24-49)59-33-29-43-28-32-52-60(34-30-44-27-31-51(59)63(43)64(44)52)70(50-25-11-4-12-26-50)62-40-56(66)54(38-58(62)68)48-22-14-20-46(36-48)42-17-7-2-8-18-42/h2*1-40H. The summed E-state index contributed by atoms with van der Waals surface area (Å²) in [7, 11) is 0. The molecule has 0 atom stereocenters. The van der Waals surface area contributed by atoms with Crippen molar-refractivity contribution in [1.82, 2.24) is 0 Å². The van der Waals surface area contributed by atoms with E-state index >= 15 is 35.1 Å². The number of hydrogen-bond acceptors (Lipinski definition) is 4. The normalized spacial score (nSPS) is 11.4. The highest BCUT2D eigenvalue weighted by molar-refractivity contribution is 6.30. The predicted octanol–water partition coefficient (Wildman–Crippen LogP) is 37.5. The fourth-order valence-electron chi connectivity index (χ4n) is 20.1. The van der Waals surface area contributed by atoms with Crippen molar-refractivity contribution in [2.24, 2.45) is 0 Å². The van der Waals surface area contributed by atoms with Gasteiger partial charge in [0.15, 0.2) is 0 Å². The van der Waals surface area contributed by atoms with Crippen molar-refractivity contribution in [1.29, 1.82) is 0 Å². The molecular formula is C128H80F8N4. The van der Waals surface area contributed by atoms with Crippen molar-refractivity contribution in [3.8, 4) is 89.0 Å². The number of halogens is 8. The molecule has 24 aromatic rings. The lowest BCUT2D eigenvalue weighted by molar-refractivity contribution is 0.604. The van der Waals surface area contributed by atoms with Gasteiger partial charge in [0.25, 0.3) is 0 Å². The van der Waals surface area contributed by atoms with Gasteiger partial charge in [0.1, 0.15) is 46.5 Å². The van der Waals surface area contributed by atoms with E-state index in [4.69, 9.17) is 0 Å². The molecule has 0 bridgehead atoms. The van der Waals surface area contributed by atoms with Gasteiger partial charge in [-0.25, -0.2) is 35.1 Å². The molecule has 0 N–H and O–H groups in total. The number of anilines is 12. The van der Waals surface area contributed by atoms with Crippen LogP contribution >= 0.6 is 0 Å². The van der Waals surface area contributed by atoms with Gasteiger partial charge >= 0.3 is 0 Å². The van der Waals surface area contributed by atoms with E-state index in [1.165, 1.54) is 48.5 Å². The summed E-state index contributed by atoms with van der Waals surface area (Å²) in [5.41, 5.74) is 15.3. The van der Waals surface area contributed by atoms with E-state index in [-0.39, 0.29) is 45.0 Å². The topological polar surface area (TPSA) is 13.0 Å². The van der Waals surface area contributed by atoms with Crippen LogP contribution in [0.2, 0.25) is 0 Å². The minimum atomic E-state index is -0.599. The maximum atomic E-state index is 17.1. The molecule has 0 saturated carbocycles. The molecule has 0 aliphatic carbocycles. The van der Waals surface area contributed by atoms with Crippen LogP contribution in [0.15, 0.2) is 485 Å². The van der Waals surface area contributed by atoms with Gasteiger partial charge in [-0.1, -0.05) is 352 Å². The number of rotatable bonds is 20. The minimum Gasteiger partial charge on any atom is -0.307 e. The fourth-order valence-corrected chi connectivity index (χ4v) is 20.1. The maximum absolute atomic E-state index is 17.1. The summed E-state index contributed by atoms with van der Waals surface area (Å²) < 4.78 is 135. The summed E-state index contributed by atoms with van der Waals surface area (Å²) in [6.07, 6.45) is 0. The highest BCUT2D eigenvalue weighted by Crippen LogP contribution is 2.54. The second-order valence-corrected chi connectivity index (χ2v) is 34.7. The molecule has 24 rings (SSSR count). The summed E-state index contributed by atoms with van der Waals surface area (Å²) in [5.74, 6) is -4.66. The quantitative estimate of drug-likeness (QED) is 0.0557. The number of benzene rings is 24. The van der Waals surface area contributed by atoms with E-state index in [0.717, 1.165) is 109 Å². The Labute approximate surface area is 803 Å². The summed E-state index contributed by atoms with van der Waals surface area (Å²) in [6, 6.07) is 149. The monoisotopic (exact) mass is 1820 g/mol. The van der Waals surface area contributed by atoms with E-state index in [1.54, 1.807) is 31.7 Å². The van der Waals surface area contributed by atoms with E-state index in [0.29, 0.717) is 67.8 Å². The Hall–Kier alpha value is -18.0. The van der Waals surface area contributed by atoms with Gasteiger partial charge in [-0.3, -0.25) is 0 Å². The SMILES string of the molecule is Fc1cc(N(c2ccccc2)c2ccc3ccc4c(N(c5ccccc5)c5cc(F)c(-c6cccc(-c7ccccc7)c6)cc5F)ccc5ccc2c3c54)c(F)cc1-c1cccc(-c2ccccc2)c1.Fc1cc(N(c2ccccc2)c2ccc3ccc4c(N(c5ccccc5)c5cc(F)c(-c6ccccc6-c6ccccc6)cc5F)ccc5ccc2c3c54)c(F)cc1-c1ccccc1-c1ccccc1. The van der Waals surface area contributed by atoms with Gasteiger partial charge in [0, 0.05) is 90.8 Å². The molecule has 0 aliphatic heterocycles. The largest absolute Gasteiger partial charge is 0.307 e. The third-order valence-corrected chi connectivity index (χ3v) is 26.5. The Bertz CT molecular complexity index is 8270. The molecule has 0 unspecified atom stereocenters. The van der Waals surface area contributed by atoms with E-state index in [2.05, 4.69) is 0 Å². The van der Waals surface area contributed by atoms with Crippen molar-refractivity contribution < 1.29 is 35.1 Å². The van der Waals surface area contributed by atoms with Crippen LogP contribution in [0.4, 0.5) is 103 Å². The number of hydrogen-bond donors (Lipinski definition) is 0. The Morgan fingerprint density at radius 2 is 0.329 bits per heavy atom. The maximum Gasteiger partial charge on any atom is 0.148 e.